The molecule has 3 aromatic heterocycles. The van der Waals surface area contributed by atoms with Crippen molar-refractivity contribution in [2.24, 2.45) is 4.99 Å². The lowest BCUT2D eigenvalue weighted by Gasteiger charge is -2.12. The zero-order valence-corrected chi connectivity index (χ0v) is 16.2. The molecule has 8 nitrogen and oxygen atoms in total. The second-order valence-electron chi connectivity index (χ2n) is 6.24. The molecule has 3 aromatic rings. The standard InChI is InChI=1S/C19H27N7O/c1-4-15-14(16(5-2)27-25-15)13-22-19(20-3)21-11-8-10-18-24-23-17-9-6-7-12-26(17)18/h6-7,9,12H,4-5,8,10-11,13H2,1-3H3,(H2,20,21,22). The Bertz CT molecular complexity index is 875. The molecule has 0 aliphatic heterocycles. The lowest BCUT2D eigenvalue weighted by molar-refractivity contribution is 0.380. The Balaban J connectivity index is 1.48. The molecule has 144 valence electrons. The molecule has 0 spiro atoms. The number of pyridine rings is 1. The van der Waals surface area contributed by atoms with Crippen molar-refractivity contribution in [2.75, 3.05) is 13.6 Å². The zero-order valence-electron chi connectivity index (χ0n) is 16.2. The van der Waals surface area contributed by atoms with Gasteiger partial charge in [0.25, 0.3) is 0 Å². The Morgan fingerprint density at radius 2 is 2.07 bits per heavy atom. The number of rotatable bonds is 8. The van der Waals surface area contributed by atoms with Gasteiger partial charge < -0.3 is 15.2 Å². The van der Waals surface area contributed by atoms with Gasteiger partial charge in [-0.1, -0.05) is 25.1 Å². The van der Waals surface area contributed by atoms with E-state index in [4.69, 9.17) is 4.52 Å². The molecule has 3 heterocycles. The van der Waals surface area contributed by atoms with E-state index in [9.17, 15) is 0 Å². The van der Waals surface area contributed by atoms with Crippen LogP contribution < -0.4 is 10.6 Å². The highest BCUT2D eigenvalue weighted by atomic mass is 16.5. The summed E-state index contributed by atoms with van der Waals surface area (Å²) in [6.45, 7) is 5.61. The van der Waals surface area contributed by atoms with Gasteiger partial charge in [-0.3, -0.25) is 9.39 Å². The lowest BCUT2D eigenvalue weighted by atomic mass is 10.1. The van der Waals surface area contributed by atoms with Gasteiger partial charge >= 0.3 is 0 Å². The van der Waals surface area contributed by atoms with Gasteiger partial charge in [0, 0.05) is 44.7 Å². The monoisotopic (exact) mass is 369 g/mol. The highest BCUT2D eigenvalue weighted by Crippen LogP contribution is 2.15. The summed E-state index contributed by atoms with van der Waals surface area (Å²) in [5.41, 5.74) is 3.02. The van der Waals surface area contributed by atoms with E-state index < -0.39 is 0 Å². The van der Waals surface area contributed by atoms with Crippen molar-refractivity contribution in [3.8, 4) is 0 Å². The topological polar surface area (TPSA) is 92.6 Å². The molecular weight excluding hydrogens is 342 g/mol. The molecule has 0 amide bonds. The number of hydrogen-bond donors (Lipinski definition) is 2. The zero-order chi connectivity index (χ0) is 19.1. The van der Waals surface area contributed by atoms with Crippen LogP contribution in [0.3, 0.4) is 0 Å². The van der Waals surface area contributed by atoms with Gasteiger partial charge in [-0.05, 0) is 25.0 Å². The van der Waals surface area contributed by atoms with Gasteiger partial charge in [-0.25, -0.2) is 0 Å². The maximum atomic E-state index is 5.41. The molecule has 0 radical (unpaired) electrons. The highest BCUT2D eigenvalue weighted by Gasteiger charge is 2.13. The number of aliphatic imine (C=N–C) groups is 1. The molecule has 0 saturated heterocycles. The molecule has 0 aliphatic carbocycles. The normalized spacial score (nSPS) is 11.9. The Morgan fingerprint density at radius 3 is 2.85 bits per heavy atom. The van der Waals surface area contributed by atoms with E-state index in [0.717, 1.165) is 66.7 Å². The summed E-state index contributed by atoms with van der Waals surface area (Å²) in [7, 11) is 1.77. The van der Waals surface area contributed by atoms with Crippen molar-refractivity contribution < 1.29 is 4.52 Å². The summed E-state index contributed by atoms with van der Waals surface area (Å²) in [6.07, 6.45) is 5.47. The van der Waals surface area contributed by atoms with Crippen LogP contribution in [0.4, 0.5) is 0 Å². The van der Waals surface area contributed by atoms with Crippen molar-refractivity contribution >= 4 is 11.6 Å². The van der Waals surface area contributed by atoms with Crippen molar-refractivity contribution in [1.29, 1.82) is 0 Å². The Labute approximate surface area is 159 Å². The molecule has 3 rings (SSSR count). The summed E-state index contributed by atoms with van der Waals surface area (Å²) in [5.74, 6) is 2.68. The van der Waals surface area contributed by atoms with Crippen LogP contribution in [0.2, 0.25) is 0 Å². The summed E-state index contributed by atoms with van der Waals surface area (Å²) >= 11 is 0. The third-order valence-electron chi connectivity index (χ3n) is 4.52. The molecule has 0 fully saturated rings. The first-order valence-corrected chi connectivity index (χ1v) is 9.46. The highest BCUT2D eigenvalue weighted by molar-refractivity contribution is 5.79. The largest absolute Gasteiger partial charge is 0.361 e. The van der Waals surface area contributed by atoms with Crippen LogP contribution >= 0.6 is 0 Å². The number of hydrogen-bond acceptors (Lipinski definition) is 5. The fourth-order valence-electron chi connectivity index (χ4n) is 3.05. The number of guanidine groups is 1. The molecule has 0 aromatic carbocycles. The van der Waals surface area contributed by atoms with Gasteiger partial charge in [-0.15, -0.1) is 10.2 Å². The minimum absolute atomic E-state index is 0.657. The van der Waals surface area contributed by atoms with Crippen LogP contribution in [-0.4, -0.2) is 39.3 Å². The first kappa shape index (κ1) is 18.9. The number of aryl methyl sites for hydroxylation is 3. The first-order valence-electron chi connectivity index (χ1n) is 9.46. The lowest BCUT2D eigenvalue weighted by Crippen LogP contribution is -2.37. The fraction of sp³-hybridized carbons (Fsp3) is 0.474. The van der Waals surface area contributed by atoms with Crippen LogP contribution in [0.15, 0.2) is 33.9 Å². The molecule has 0 unspecified atom stereocenters. The molecule has 0 saturated carbocycles. The van der Waals surface area contributed by atoms with Gasteiger partial charge in [0.05, 0.1) is 5.69 Å². The summed E-state index contributed by atoms with van der Waals surface area (Å²) in [6, 6.07) is 5.92. The maximum absolute atomic E-state index is 5.41. The number of nitrogens with zero attached hydrogens (tertiary/aromatic N) is 5. The van der Waals surface area contributed by atoms with E-state index in [1.54, 1.807) is 7.05 Å². The van der Waals surface area contributed by atoms with E-state index in [0.29, 0.717) is 6.54 Å². The third-order valence-corrected chi connectivity index (χ3v) is 4.52. The van der Waals surface area contributed by atoms with Crippen LogP contribution in [-0.2, 0) is 25.8 Å². The van der Waals surface area contributed by atoms with E-state index in [1.807, 2.05) is 28.8 Å². The van der Waals surface area contributed by atoms with Gasteiger partial charge in [0.1, 0.15) is 11.6 Å². The molecular formula is C19H27N7O. The van der Waals surface area contributed by atoms with E-state index in [2.05, 4.69) is 44.8 Å². The summed E-state index contributed by atoms with van der Waals surface area (Å²) in [4.78, 5) is 4.29. The predicted octanol–water partition coefficient (Wildman–Crippen LogP) is 2.14. The number of fused-ring (bicyclic) bond motifs is 1. The van der Waals surface area contributed by atoms with Crippen LogP contribution in [0, 0.1) is 0 Å². The Kier molecular flexibility index (Phi) is 6.40. The third kappa shape index (κ3) is 4.45. The first-order chi connectivity index (χ1) is 13.3. The number of nitrogens with one attached hydrogen (secondary N) is 2. The average molecular weight is 369 g/mol. The van der Waals surface area contributed by atoms with Crippen molar-refractivity contribution in [3.63, 3.8) is 0 Å². The second kappa shape index (κ2) is 9.16. The predicted molar refractivity (Wildman–Crippen MR) is 105 cm³/mol. The van der Waals surface area contributed by atoms with Gasteiger partial charge in [0.2, 0.25) is 0 Å². The van der Waals surface area contributed by atoms with E-state index >= 15 is 0 Å². The van der Waals surface area contributed by atoms with Crippen LogP contribution in [0.1, 0.15) is 43.1 Å². The minimum atomic E-state index is 0.657. The Hall–Kier alpha value is -2.90. The van der Waals surface area contributed by atoms with Gasteiger partial charge in [0.15, 0.2) is 11.6 Å². The molecule has 0 aliphatic rings. The molecule has 2 N–H and O–H groups in total. The fourth-order valence-corrected chi connectivity index (χ4v) is 3.05. The van der Waals surface area contributed by atoms with Gasteiger partial charge in [-0.2, -0.15) is 0 Å². The van der Waals surface area contributed by atoms with E-state index in [1.165, 1.54) is 0 Å². The molecule has 8 heteroatoms. The maximum Gasteiger partial charge on any atom is 0.191 e. The van der Waals surface area contributed by atoms with Crippen molar-refractivity contribution in [3.05, 3.63) is 47.2 Å². The minimum Gasteiger partial charge on any atom is -0.361 e. The van der Waals surface area contributed by atoms with Crippen LogP contribution in [0.25, 0.3) is 5.65 Å². The molecule has 0 bridgehead atoms. The second-order valence-corrected chi connectivity index (χ2v) is 6.24. The Morgan fingerprint density at radius 1 is 1.19 bits per heavy atom. The molecule has 0 atom stereocenters. The van der Waals surface area contributed by atoms with Crippen molar-refractivity contribution in [2.45, 2.75) is 46.1 Å². The average Bonchev–Trinajstić information content (AvgIpc) is 3.30. The van der Waals surface area contributed by atoms with Crippen molar-refractivity contribution in [1.82, 2.24) is 30.4 Å². The van der Waals surface area contributed by atoms with Crippen LogP contribution in [0.5, 0.6) is 0 Å². The summed E-state index contributed by atoms with van der Waals surface area (Å²) in [5, 5.41) is 19.3. The summed E-state index contributed by atoms with van der Waals surface area (Å²) < 4.78 is 7.44. The van der Waals surface area contributed by atoms with E-state index in [-0.39, 0.29) is 0 Å². The quantitative estimate of drug-likeness (QED) is 0.359. The SMILES string of the molecule is CCc1noc(CC)c1CNC(=NC)NCCCc1nnc2ccccn12. The smallest absolute Gasteiger partial charge is 0.191 e. The number of aromatic nitrogens is 4. The molecule has 27 heavy (non-hydrogen) atoms.